The molecule has 1 aliphatic heterocycles. The second kappa shape index (κ2) is 5.26. The summed E-state index contributed by atoms with van der Waals surface area (Å²) in [7, 11) is 0. The highest BCUT2D eigenvalue weighted by Gasteiger charge is 2.34. The maximum atomic E-state index is 12.1. The number of piperidine rings is 1. The van der Waals surface area contributed by atoms with E-state index in [0.29, 0.717) is 17.9 Å². The molecule has 0 atom stereocenters. The largest absolute Gasteiger partial charge is 0.366 e. The molecular weight excluding hydrogens is 284 g/mol. The van der Waals surface area contributed by atoms with E-state index >= 15 is 0 Å². The highest BCUT2D eigenvalue weighted by Crippen LogP contribution is 2.32. The third-order valence-corrected chi connectivity index (χ3v) is 5.23. The zero-order chi connectivity index (χ0) is 14.2. The SMILES string of the molecule is O=C(C1CC1)N1CCC(Nc2ncnc3ccsc23)CC1. The molecule has 1 saturated heterocycles. The van der Waals surface area contributed by atoms with Crippen LogP contribution in [0.2, 0.25) is 0 Å². The number of carbonyl (C=O) groups is 1. The van der Waals surface area contributed by atoms with Gasteiger partial charge in [0.2, 0.25) is 5.91 Å². The fourth-order valence-corrected chi connectivity index (χ4v) is 3.72. The predicted octanol–water partition coefficient (Wildman–Crippen LogP) is 2.50. The Hall–Kier alpha value is -1.69. The van der Waals surface area contributed by atoms with Crippen molar-refractivity contribution in [1.82, 2.24) is 14.9 Å². The summed E-state index contributed by atoms with van der Waals surface area (Å²) in [6.45, 7) is 1.73. The van der Waals surface area contributed by atoms with Crippen LogP contribution >= 0.6 is 11.3 Å². The van der Waals surface area contributed by atoms with Gasteiger partial charge in [-0.2, -0.15) is 0 Å². The van der Waals surface area contributed by atoms with Crippen LogP contribution in [0.3, 0.4) is 0 Å². The summed E-state index contributed by atoms with van der Waals surface area (Å²) in [4.78, 5) is 22.7. The lowest BCUT2D eigenvalue weighted by Gasteiger charge is -2.32. The normalized spacial score (nSPS) is 19.9. The number of fused-ring (bicyclic) bond motifs is 1. The van der Waals surface area contributed by atoms with Crippen molar-refractivity contribution in [2.75, 3.05) is 18.4 Å². The van der Waals surface area contributed by atoms with Crippen molar-refractivity contribution < 1.29 is 4.79 Å². The number of hydrogen-bond acceptors (Lipinski definition) is 5. The van der Waals surface area contributed by atoms with Gasteiger partial charge in [0.1, 0.15) is 12.1 Å². The Kier molecular flexibility index (Phi) is 3.25. The van der Waals surface area contributed by atoms with Crippen molar-refractivity contribution in [3.63, 3.8) is 0 Å². The first-order chi connectivity index (χ1) is 10.3. The van der Waals surface area contributed by atoms with Crippen LogP contribution < -0.4 is 5.32 Å². The standard InChI is InChI=1S/C15H18N4OS/c20-15(10-1-2-10)19-6-3-11(4-7-19)18-14-13-12(5-8-21-13)16-9-17-14/h5,8-11H,1-4,6-7H2,(H,16,17,18). The molecule has 2 aromatic heterocycles. The Morgan fingerprint density at radius 1 is 1.24 bits per heavy atom. The van der Waals surface area contributed by atoms with Crippen LogP contribution in [0.15, 0.2) is 17.8 Å². The molecule has 2 aromatic rings. The Morgan fingerprint density at radius 2 is 2.05 bits per heavy atom. The first-order valence-electron chi connectivity index (χ1n) is 7.55. The highest BCUT2D eigenvalue weighted by atomic mass is 32.1. The van der Waals surface area contributed by atoms with E-state index in [2.05, 4.69) is 15.3 Å². The van der Waals surface area contributed by atoms with E-state index in [-0.39, 0.29) is 0 Å². The molecule has 6 heteroatoms. The second-order valence-electron chi connectivity index (χ2n) is 5.88. The van der Waals surface area contributed by atoms with Gasteiger partial charge in [0, 0.05) is 25.0 Å². The van der Waals surface area contributed by atoms with Gasteiger partial charge in [0.05, 0.1) is 10.2 Å². The van der Waals surface area contributed by atoms with Crippen LogP contribution in [-0.4, -0.2) is 39.9 Å². The molecule has 3 heterocycles. The van der Waals surface area contributed by atoms with Crippen LogP contribution in [0.5, 0.6) is 0 Å². The van der Waals surface area contributed by atoms with E-state index in [9.17, 15) is 4.79 Å². The molecular formula is C15H18N4OS. The third-order valence-electron chi connectivity index (χ3n) is 4.32. The van der Waals surface area contributed by atoms with Crippen molar-refractivity contribution in [3.05, 3.63) is 17.8 Å². The van der Waals surface area contributed by atoms with Gasteiger partial charge >= 0.3 is 0 Å². The minimum Gasteiger partial charge on any atom is -0.366 e. The molecule has 2 aliphatic rings. The van der Waals surface area contributed by atoms with Crippen LogP contribution in [0.1, 0.15) is 25.7 Å². The minimum absolute atomic E-state index is 0.335. The Morgan fingerprint density at radius 3 is 2.81 bits per heavy atom. The molecule has 1 N–H and O–H groups in total. The lowest BCUT2D eigenvalue weighted by Crippen LogP contribution is -2.43. The first kappa shape index (κ1) is 13.0. The number of aromatic nitrogens is 2. The molecule has 0 unspecified atom stereocenters. The van der Waals surface area contributed by atoms with Gasteiger partial charge in [-0.25, -0.2) is 9.97 Å². The molecule has 0 spiro atoms. The van der Waals surface area contributed by atoms with Crippen LogP contribution in [0.4, 0.5) is 5.82 Å². The molecule has 2 fully saturated rings. The summed E-state index contributed by atoms with van der Waals surface area (Å²) in [6, 6.07) is 2.41. The Bertz CT molecular complexity index is 658. The molecule has 5 nitrogen and oxygen atoms in total. The smallest absolute Gasteiger partial charge is 0.225 e. The zero-order valence-corrected chi connectivity index (χ0v) is 12.6. The molecule has 1 amide bonds. The number of anilines is 1. The fraction of sp³-hybridized carbons (Fsp3) is 0.533. The van der Waals surface area contributed by atoms with Crippen LogP contribution in [0.25, 0.3) is 10.2 Å². The van der Waals surface area contributed by atoms with E-state index in [1.807, 2.05) is 16.3 Å². The van der Waals surface area contributed by atoms with Gasteiger partial charge in [-0.3, -0.25) is 4.79 Å². The molecule has 0 aromatic carbocycles. The van der Waals surface area contributed by atoms with Crippen molar-refractivity contribution in [2.24, 2.45) is 5.92 Å². The molecule has 4 rings (SSSR count). The fourth-order valence-electron chi connectivity index (χ4n) is 2.92. The minimum atomic E-state index is 0.335. The summed E-state index contributed by atoms with van der Waals surface area (Å²) >= 11 is 1.67. The molecule has 1 saturated carbocycles. The average molecular weight is 302 g/mol. The number of amides is 1. The predicted molar refractivity (Wildman–Crippen MR) is 83.4 cm³/mol. The van der Waals surface area contributed by atoms with Gasteiger partial charge in [0.15, 0.2) is 0 Å². The number of hydrogen-bond donors (Lipinski definition) is 1. The Balaban J connectivity index is 1.40. The molecule has 1 aliphatic carbocycles. The Labute approximate surface area is 127 Å². The molecule has 0 radical (unpaired) electrons. The van der Waals surface area contributed by atoms with Crippen LogP contribution in [0, 0.1) is 5.92 Å². The summed E-state index contributed by atoms with van der Waals surface area (Å²) in [5, 5.41) is 5.58. The number of nitrogens with zero attached hydrogens (tertiary/aromatic N) is 3. The monoisotopic (exact) mass is 302 g/mol. The number of likely N-dealkylation sites (tertiary alicyclic amines) is 1. The number of carbonyl (C=O) groups excluding carboxylic acids is 1. The van der Waals surface area contributed by atoms with Gasteiger partial charge in [-0.15, -0.1) is 11.3 Å². The number of nitrogens with one attached hydrogen (secondary N) is 1. The quantitative estimate of drug-likeness (QED) is 0.946. The van der Waals surface area contributed by atoms with Crippen molar-refractivity contribution in [2.45, 2.75) is 31.7 Å². The molecule has 0 bridgehead atoms. The van der Waals surface area contributed by atoms with Gasteiger partial charge in [0.25, 0.3) is 0 Å². The van der Waals surface area contributed by atoms with Gasteiger partial charge < -0.3 is 10.2 Å². The molecule has 21 heavy (non-hydrogen) atoms. The van der Waals surface area contributed by atoms with Crippen molar-refractivity contribution in [1.29, 1.82) is 0 Å². The molecule has 110 valence electrons. The van der Waals surface area contributed by atoms with Gasteiger partial charge in [-0.05, 0) is 37.1 Å². The lowest BCUT2D eigenvalue weighted by atomic mass is 10.0. The number of thiophene rings is 1. The average Bonchev–Trinajstić information content (AvgIpc) is 3.25. The van der Waals surface area contributed by atoms with E-state index in [1.54, 1.807) is 17.7 Å². The van der Waals surface area contributed by atoms with Crippen LogP contribution in [-0.2, 0) is 4.79 Å². The topological polar surface area (TPSA) is 58.1 Å². The summed E-state index contributed by atoms with van der Waals surface area (Å²) in [5.74, 6) is 1.64. The third kappa shape index (κ3) is 2.60. The highest BCUT2D eigenvalue weighted by molar-refractivity contribution is 7.17. The van der Waals surface area contributed by atoms with Crippen molar-refractivity contribution in [3.8, 4) is 0 Å². The second-order valence-corrected chi connectivity index (χ2v) is 6.79. The summed E-state index contributed by atoms with van der Waals surface area (Å²) in [5.41, 5.74) is 0.999. The zero-order valence-electron chi connectivity index (χ0n) is 11.8. The summed E-state index contributed by atoms with van der Waals surface area (Å²) < 4.78 is 1.12. The van der Waals surface area contributed by atoms with E-state index < -0.39 is 0 Å². The van der Waals surface area contributed by atoms with Gasteiger partial charge in [-0.1, -0.05) is 0 Å². The summed E-state index contributed by atoms with van der Waals surface area (Å²) in [6.07, 6.45) is 5.79. The number of rotatable bonds is 3. The lowest BCUT2D eigenvalue weighted by molar-refractivity contribution is -0.133. The van der Waals surface area contributed by atoms with Crippen molar-refractivity contribution >= 4 is 33.3 Å². The van der Waals surface area contributed by atoms with E-state index in [4.69, 9.17) is 0 Å². The maximum absolute atomic E-state index is 12.1. The maximum Gasteiger partial charge on any atom is 0.225 e. The van der Waals surface area contributed by atoms with E-state index in [1.165, 1.54) is 0 Å². The van der Waals surface area contributed by atoms with E-state index in [0.717, 1.165) is 54.8 Å². The first-order valence-corrected chi connectivity index (χ1v) is 8.43.